The van der Waals surface area contributed by atoms with E-state index in [9.17, 15) is 19.7 Å². The van der Waals surface area contributed by atoms with Gasteiger partial charge < -0.3 is 19.7 Å². The Morgan fingerprint density at radius 2 is 2.00 bits per heavy atom. The van der Waals surface area contributed by atoms with E-state index in [0.717, 1.165) is 5.82 Å². The number of carbonyl (C=O) groups excluding carboxylic acids is 2. The predicted molar refractivity (Wildman–Crippen MR) is 117 cm³/mol. The van der Waals surface area contributed by atoms with E-state index < -0.39 is 10.8 Å². The molecule has 31 heavy (non-hydrogen) atoms. The monoisotopic (exact) mass is 447 g/mol. The van der Waals surface area contributed by atoms with Crippen LogP contribution in [0.1, 0.15) is 30.0 Å². The summed E-state index contributed by atoms with van der Waals surface area (Å²) in [7, 11) is 0. The van der Waals surface area contributed by atoms with E-state index >= 15 is 0 Å². The van der Waals surface area contributed by atoms with Crippen LogP contribution in [0.5, 0.6) is 0 Å². The number of H-pyrrole nitrogens is 1. The van der Waals surface area contributed by atoms with Gasteiger partial charge in [0, 0.05) is 64.2 Å². The van der Waals surface area contributed by atoms with E-state index in [1.807, 2.05) is 16.4 Å². The Kier molecular flexibility index (Phi) is 7.00. The largest absolute Gasteiger partial charge is 0.362 e. The average Bonchev–Trinajstić information content (AvgIpc) is 3.12. The summed E-state index contributed by atoms with van der Waals surface area (Å²) in [6.07, 6.45) is 0.479. The number of benzene rings is 1. The van der Waals surface area contributed by atoms with Crippen molar-refractivity contribution in [1.29, 1.82) is 0 Å². The van der Waals surface area contributed by atoms with E-state index in [-0.39, 0.29) is 17.2 Å². The molecule has 1 fully saturated rings. The zero-order valence-corrected chi connectivity index (χ0v) is 18.3. The van der Waals surface area contributed by atoms with Crippen molar-refractivity contribution in [3.05, 3.63) is 44.5 Å². The lowest BCUT2D eigenvalue weighted by Gasteiger charge is -2.35. The third-order valence-electron chi connectivity index (χ3n) is 5.29. The van der Waals surface area contributed by atoms with Crippen LogP contribution >= 0.6 is 12.2 Å². The van der Waals surface area contributed by atoms with Crippen molar-refractivity contribution >= 4 is 35.4 Å². The number of piperazine rings is 1. The van der Waals surface area contributed by atoms with E-state index in [4.69, 9.17) is 12.2 Å². The Hall–Kier alpha value is -3.28. The van der Waals surface area contributed by atoms with E-state index in [1.54, 1.807) is 17.0 Å². The molecule has 1 aromatic carbocycles. The molecule has 2 amide bonds. The molecule has 1 aromatic heterocycles. The lowest BCUT2D eigenvalue weighted by Crippen LogP contribution is -2.48. The maximum absolute atomic E-state index is 12.5. The number of hydrogen-bond acceptors (Lipinski definition) is 7. The summed E-state index contributed by atoms with van der Waals surface area (Å²) in [6, 6.07) is 4.47. The van der Waals surface area contributed by atoms with Gasteiger partial charge in [-0.2, -0.15) is 5.10 Å². The Morgan fingerprint density at radius 1 is 1.29 bits per heavy atom. The first-order valence-electron chi connectivity index (χ1n) is 10.0. The molecular weight excluding hydrogens is 422 g/mol. The lowest BCUT2D eigenvalue weighted by molar-refractivity contribution is -0.384. The standard InChI is InChI=1S/C19H25N7O4S/c1-3-25-17(21-22-19(25)31)6-7-20-18(28)14-4-5-15(16(12-14)26(29)30)24-10-8-23(9-11-24)13(2)27/h4-5,12H,3,6-11H2,1-2H3,(H,20,28)(H,22,31). The molecule has 0 atom stereocenters. The molecule has 2 heterocycles. The van der Waals surface area contributed by atoms with Crippen molar-refractivity contribution in [2.24, 2.45) is 0 Å². The summed E-state index contributed by atoms with van der Waals surface area (Å²) >= 11 is 5.14. The van der Waals surface area contributed by atoms with Crippen molar-refractivity contribution in [3.63, 3.8) is 0 Å². The number of aromatic nitrogens is 3. The molecule has 1 aliphatic heterocycles. The summed E-state index contributed by atoms with van der Waals surface area (Å²) in [6.45, 7) is 6.46. The van der Waals surface area contributed by atoms with Crippen LogP contribution in [0.3, 0.4) is 0 Å². The van der Waals surface area contributed by atoms with E-state index in [2.05, 4.69) is 15.5 Å². The van der Waals surface area contributed by atoms with Crippen molar-refractivity contribution < 1.29 is 14.5 Å². The molecular formula is C19H25N7O4S. The van der Waals surface area contributed by atoms with Crippen molar-refractivity contribution in [1.82, 2.24) is 25.0 Å². The second kappa shape index (κ2) is 9.69. The summed E-state index contributed by atoms with van der Waals surface area (Å²) in [5.41, 5.74) is 0.534. The highest BCUT2D eigenvalue weighted by Crippen LogP contribution is 2.30. The fourth-order valence-corrected chi connectivity index (χ4v) is 3.88. The van der Waals surface area contributed by atoms with Crippen LogP contribution in [0.15, 0.2) is 18.2 Å². The molecule has 12 heteroatoms. The molecule has 0 saturated carbocycles. The molecule has 0 aliphatic carbocycles. The molecule has 11 nitrogen and oxygen atoms in total. The first-order chi connectivity index (χ1) is 14.8. The number of nitrogens with zero attached hydrogens (tertiary/aromatic N) is 5. The van der Waals surface area contributed by atoms with Gasteiger partial charge in [0.25, 0.3) is 11.6 Å². The van der Waals surface area contributed by atoms with Crippen molar-refractivity contribution in [3.8, 4) is 0 Å². The highest BCUT2D eigenvalue weighted by molar-refractivity contribution is 7.71. The second-order valence-electron chi connectivity index (χ2n) is 7.15. The third-order valence-corrected chi connectivity index (χ3v) is 5.60. The summed E-state index contributed by atoms with van der Waals surface area (Å²) in [4.78, 5) is 38.8. The van der Waals surface area contributed by atoms with Gasteiger partial charge in [0.05, 0.1) is 4.92 Å². The minimum Gasteiger partial charge on any atom is -0.362 e. The number of carbonyl (C=O) groups is 2. The number of nitro groups is 1. The Labute approximate surface area is 184 Å². The minimum atomic E-state index is -0.484. The van der Waals surface area contributed by atoms with Crippen molar-refractivity contribution in [2.45, 2.75) is 26.8 Å². The maximum atomic E-state index is 12.5. The molecule has 2 aromatic rings. The van der Waals surface area contributed by atoms with Gasteiger partial charge in [-0.05, 0) is 31.3 Å². The number of aromatic amines is 1. The molecule has 0 spiro atoms. The predicted octanol–water partition coefficient (Wildman–Crippen LogP) is 1.51. The SMILES string of the molecule is CCn1c(CCNC(=O)c2ccc(N3CCN(C(C)=O)CC3)c([N+](=O)[O-])c2)n[nH]c1=S. The summed E-state index contributed by atoms with van der Waals surface area (Å²) in [5, 5.41) is 21.3. The van der Waals surface area contributed by atoms with Gasteiger partial charge in [-0.25, -0.2) is 0 Å². The number of rotatable bonds is 7. The normalized spacial score (nSPS) is 13.9. The highest BCUT2D eigenvalue weighted by Gasteiger charge is 2.25. The van der Waals surface area contributed by atoms with Crippen LogP contribution in [0, 0.1) is 14.9 Å². The summed E-state index contributed by atoms with van der Waals surface area (Å²) < 4.78 is 2.37. The first kappa shape index (κ1) is 22.4. The van der Waals surface area contributed by atoms with Gasteiger partial charge in [0.1, 0.15) is 11.5 Å². The fourth-order valence-electron chi connectivity index (χ4n) is 3.60. The van der Waals surface area contributed by atoms with Gasteiger partial charge in [-0.3, -0.25) is 24.8 Å². The fraction of sp³-hybridized carbons (Fsp3) is 0.474. The Bertz CT molecular complexity index is 1040. The van der Waals surface area contributed by atoms with E-state index in [1.165, 1.54) is 13.0 Å². The van der Waals surface area contributed by atoms with Crippen LogP contribution in [0.25, 0.3) is 0 Å². The second-order valence-corrected chi connectivity index (χ2v) is 7.54. The lowest BCUT2D eigenvalue weighted by atomic mass is 10.1. The van der Waals surface area contributed by atoms with E-state index in [0.29, 0.717) is 56.1 Å². The van der Waals surface area contributed by atoms with Crippen LogP contribution in [0.2, 0.25) is 0 Å². The quantitative estimate of drug-likeness (QED) is 0.374. The topological polar surface area (TPSA) is 129 Å². The highest BCUT2D eigenvalue weighted by atomic mass is 32.1. The van der Waals surface area contributed by atoms with Crippen LogP contribution < -0.4 is 10.2 Å². The molecule has 3 rings (SSSR count). The van der Waals surface area contributed by atoms with Gasteiger partial charge in [-0.1, -0.05) is 0 Å². The van der Waals surface area contributed by atoms with Gasteiger partial charge in [-0.15, -0.1) is 0 Å². The molecule has 2 N–H and O–H groups in total. The molecule has 0 unspecified atom stereocenters. The molecule has 166 valence electrons. The number of nitrogens with one attached hydrogen (secondary N) is 2. The zero-order valence-electron chi connectivity index (χ0n) is 17.5. The zero-order chi connectivity index (χ0) is 22.5. The summed E-state index contributed by atoms with van der Waals surface area (Å²) in [5.74, 6) is 0.330. The Balaban J connectivity index is 1.67. The molecule has 0 radical (unpaired) electrons. The maximum Gasteiger partial charge on any atom is 0.293 e. The number of anilines is 1. The number of amides is 2. The number of hydrogen-bond donors (Lipinski definition) is 2. The molecule has 1 aliphatic rings. The van der Waals surface area contributed by atoms with Gasteiger partial charge >= 0.3 is 0 Å². The molecule has 0 bridgehead atoms. The average molecular weight is 448 g/mol. The van der Waals surface area contributed by atoms with Gasteiger partial charge in [0.2, 0.25) is 5.91 Å². The van der Waals surface area contributed by atoms with Crippen LogP contribution in [0.4, 0.5) is 11.4 Å². The molecule has 1 saturated heterocycles. The smallest absolute Gasteiger partial charge is 0.293 e. The van der Waals surface area contributed by atoms with Crippen LogP contribution in [-0.4, -0.2) is 69.1 Å². The number of nitro benzene ring substituents is 1. The Morgan fingerprint density at radius 3 is 2.61 bits per heavy atom. The van der Waals surface area contributed by atoms with Crippen molar-refractivity contribution in [2.75, 3.05) is 37.6 Å². The van der Waals surface area contributed by atoms with Crippen LogP contribution in [-0.2, 0) is 17.8 Å². The third kappa shape index (κ3) is 5.08. The minimum absolute atomic E-state index is 0.00982. The van der Waals surface area contributed by atoms with Gasteiger partial charge in [0.15, 0.2) is 4.77 Å². The first-order valence-corrected chi connectivity index (χ1v) is 10.4.